The van der Waals surface area contributed by atoms with Crippen LogP contribution in [-0.2, 0) is 26.2 Å². The van der Waals surface area contributed by atoms with Gasteiger partial charge in [-0.1, -0.05) is 53.4 Å². The highest BCUT2D eigenvalue weighted by atomic mass is 79.9. The van der Waals surface area contributed by atoms with Gasteiger partial charge in [0.15, 0.2) is 0 Å². The first-order chi connectivity index (χ1) is 17.1. The number of carbonyl (C=O) groups excluding carboxylic acids is 2. The molecule has 0 heterocycles. The van der Waals surface area contributed by atoms with E-state index in [4.69, 9.17) is 4.74 Å². The van der Waals surface area contributed by atoms with Gasteiger partial charge in [-0.2, -0.15) is 0 Å². The van der Waals surface area contributed by atoms with E-state index in [2.05, 4.69) is 21.2 Å². The molecule has 0 bridgehead atoms. The Hall–Kier alpha value is -2.59. The molecule has 1 saturated carbocycles. The van der Waals surface area contributed by atoms with E-state index in [1.165, 1.54) is 11.3 Å². The number of sulfonamides is 1. The van der Waals surface area contributed by atoms with Gasteiger partial charge in [-0.15, -0.1) is 0 Å². The highest BCUT2D eigenvalue weighted by Gasteiger charge is 2.31. The van der Waals surface area contributed by atoms with E-state index >= 15 is 0 Å². The first kappa shape index (κ1) is 28.0. The largest absolute Gasteiger partial charge is 0.497 e. The molecule has 0 aliphatic heterocycles. The number of nitrogens with zero attached hydrogens (tertiary/aromatic N) is 2. The third kappa shape index (κ3) is 7.70. The number of rotatable bonds is 10. The minimum Gasteiger partial charge on any atom is -0.497 e. The number of hydrogen-bond donors (Lipinski definition) is 1. The van der Waals surface area contributed by atoms with E-state index in [0.29, 0.717) is 15.9 Å². The fourth-order valence-corrected chi connectivity index (χ4v) is 5.59. The summed E-state index contributed by atoms with van der Waals surface area (Å²) in [4.78, 5) is 28.3. The number of ether oxygens (including phenoxy) is 1. The lowest BCUT2D eigenvalue weighted by Crippen LogP contribution is -2.52. The number of anilines is 1. The Bertz CT molecular complexity index is 1170. The van der Waals surface area contributed by atoms with E-state index in [1.54, 1.807) is 50.4 Å². The monoisotopic (exact) mass is 579 g/mol. The molecule has 2 aromatic rings. The van der Waals surface area contributed by atoms with E-state index < -0.39 is 28.5 Å². The Labute approximate surface area is 222 Å². The van der Waals surface area contributed by atoms with Crippen LogP contribution >= 0.6 is 15.9 Å². The second kappa shape index (κ2) is 12.6. The summed E-state index contributed by atoms with van der Waals surface area (Å²) < 4.78 is 32.4. The van der Waals surface area contributed by atoms with E-state index in [9.17, 15) is 18.0 Å². The molecule has 0 spiro atoms. The van der Waals surface area contributed by atoms with Gasteiger partial charge in [0, 0.05) is 17.1 Å². The SMILES string of the molecule is COc1cccc(CN(C(=O)CN(c2cccc(Br)c2)S(C)(=O)=O)[C@H](C)C(=O)NC2CCCCC2)c1. The molecule has 1 aliphatic carbocycles. The smallest absolute Gasteiger partial charge is 0.244 e. The molecule has 10 heteroatoms. The molecule has 1 atom stereocenters. The van der Waals surface area contributed by atoms with Crippen LogP contribution in [0.15, 0.2) is 53.0 Å². The van der Waals surface area contributed by atoms with Crippen LogP contribution in [0.2, 0.25) is 0 Å². The summed E-state index contributed by atoms with van der Waals surface area (Å²) >= 11 is 3.36. The van der Waals surface area contributed by atoms with Gasteiger partial charge >= 0.3 is 0 Å². The van der Waals surface area contributed by atoms with Crippen LogP contribution in [0.1, 0.15) is 44.6 Å². The third-order valence-corrected chi connectivity index (χ3v) is 8.02. The Balaban J connectivity index is 1.88. The molecule has 1 N–H and O–H groups in total. The molecule has 1 fully saturated rings. The molecular formula is C26H34BrN3O5S. The van der Waals surface area contributed by atoms with Gasteiger partial charge < -0.3 is 15.0 Å². The average molecular weight is 581 g/mol. The summed E-state index contributed by atoms with van der Waals surface area (Å²) in [7, 11) is -2.21. The van der Waals surface area contributed by atoms with E-state index in [0.717, 1.165) is 41.8 Å². The van der Waals surface area contributed by atoms with Crippen molar-refractivity contribution in [3.05, 3.63) is 58.6 Å². The summed E-state index contributed by atoms with van der Waals surface area (Å²) in [6, 6.07) is 13.3. The number of benzene rings is 2. The molecule has 2 amide bonds. The number of hydrogen-bond acceptors (Lipinski definition) is 5. The fraction of sp³-hybridized carbons (Fsp3) is 0.462. The van der Waals surface area contributed by atoms with Crippen LogP contribution < -0.4 is 14.4 Å². The predicted molar refractivity (Wildman–Crippen MR) is 144 cm³/mol. The molecule has 2 aromatic carbocycles. The highest BCUT2D eigenvalue weighted by molar-refractivity contribution is 9.10. The summed E-state index contributed by atoms with van der Waals surface area (Å²) in [5.74, 6) is -0.0906. The highest BCUT2D eigenvalue weighted by Crippen LogP contribution is 2.24. The van der Waals surface area contributed by atoms with Crippen molar-refractivity contribution in [1.82, 2.24) is 10.2 Å². The zero-order valence-corrected chi connectivity index (χ0v) is 23.3. The van der Waals surface area contributed by atoms with Gasteiger partial charge in [-0.3, -0.25) is 13.9 Å². The van der Waals surface area contributed by atoms with Crippen molar-refractivity contribution >= 4 is 43.5 Å². The normalized spacial score (nSPS) is 15.1. The third-order valence-electron chi connectivity index (χ3n) is 6.38. The Kier molecular flexibility index (Phi) is 9.78. The standard InChI is InChI=1S/C26H34BrN3O5S/c1-19(26(32)28-22-11-5-4-6-12-22)29(17-20-9-7-14-24(15-20)35-2)25(31)18-30(36(3,33)34)23-13-8-10-21(27)16-23/h7-10,13-16,19,22H,4-6,11-12,17-18H2,1-3H3,(H,28,32)/t19-/m1/s1. The second-order valence-electron chi connectivity index (χ2n) is 9.14. The summed E-state index contributed by atoms with van der Waals surface area (Å²) in [5, 5.41) is 3.09. The first-order valence-corrected chi connectivity index (χ1v) is 14.7. The average Bonchev–Trinajstić information content (AvgIpc) is 2.85. The quantitative estimate of drug-likeness (QED) is 0.457. The topological polar surface area (TPSA) is 96.0 Å². The lowest BCUT2D eigenvalue weighted by molar-refractivity contribution is -0.139. The second-order valence-corrected chi connectivity index (χ2v) is 12.0. The number of amides is 2. The molecule has 0 radical (unpaired) electrons. The lowest BCUT2D eigenvalue weighted by Gasteiger charge is -2.33. The molecular weight excluding hydrogens is 546 g/mol. The maximum atomic E-state index is 13.7. The maximum Gasteiger partial charge on any atom is 0.244 e. The van der Waals surface area contributed by atoms with Gasteiger partial charge in [-0.25, -0.2) is 8.42 Å². The van der Waals surface area contributed by atoms with Crippen molar-refractivity contribution in [2.24, 2.45) is 0 Å². The van der Waals surface area contributed by atoms with Crippen LogP contribution in [0.4, 0.5) is 5.69 Å². The van der Waals surface area contributed by atoms with Crippen molar-refractivity contribution in [2.75, 3.05) is 24.2 Å². The van der Waals surface area contributed by atoms with Crippen molar-refractivity contribution in [1.29, 1.82) is 0 Å². The van der Waals surface area contributed by atoms with Crippen LogP contribution in [-0.4, -0.2) is 57.1 Å². The minimum absolute atomic E-state index is 0.0941. The molecule has 0 unspecified atom stereocenters. The lowest BCUT2D eigenvalue weighted by atomic mass is 9.95. The number of carbonyl (C=O) groups is 2. The van der Waals surface area contributed by atoms with Crippen molar-refractivity contribution < 1.29 is 22.7 Å². The summed E-state index contributed by atoms with van der Waals surface area (Å²) in [5.41, 5.74) is 1.13. The number of nitrogens with one attached hydrogen (secondary N) is 1. The molecule has 3 rings (SSSR count). The molecule has 8 nitrogen and oxygen atoms in total. The van der Waals surface area contributed by atoms with Gasteiger partial charge in [-0.05, 0) is 55.7 Å². The zero-order valence-electron chi connectivity index (χ0n) is 20.9. The minimum atomic E-state index is -3.77. The number of methoxy groups -OCH3 is 1. The van der Waals surface area contributed by atoms with E-state index in [1.807, 2.05) is 12.1 Å². The van der Waals surface area contributed by atoms with Gasteiger partial charge in [0.25, 0.3) is 0 Å². The summed E-state index contributed by atoms with van der Waals surface area (Å²) in [6.07, 6.45) is 6.22. The molecule has 196 valence electrons. The van der Waals surface area contributed by atoms with Crippen LogP contribution in [0, 0.1) is 0 Å². The van der Waals surface area contributed by atoms with Crippen molar-refractivity contribution in [3.63, 3.8) is 0 Å². The molecule has 36 heavy (non-hydrogen) atoms. The predicted octanol–water partition coefficient (Wildman–Crippen LogP) is 4.09. The summed E-state index contributed by atoms with van der Waals surface area (Å²) in [6.45, 7) is 1.38. The van der Waals surface area contributed by atoms with Crippen molar-refractivity contribution in [3.8, 4) is 5.75 Å². The Morgan fingerprint density at radius 3 is 2.44 bits per heavy atom. The fourth-order valence-electron chi connectivity index (χ4n) is 4.36. The first-order valence-electron chi connectivity index (χ1n) is 12.0. The molecule has 0 aromatic heterocycles. The van der Waals surface area contributed by atoms with E-state index in [-0.39, 0.29) is 18.5 Å². The van der Waals surface area contributed by atoms with Gasteiger partial charge in [0.05, 0.1) is 19.1 Å². The molecule has 1 aliphatic rings. The molecule has 0 saturated heterocycles. The van der Waals surface area contributed by atoms with Crippen LogP contribution in [0.25, 0.3) is 0 Å². The maximum absolute atomic E-state index is 13.7. The zero-order chi connectivity index (χ0) is 26.3. The van der Waals surface area contributed by atoms with Crippen LogP contribution in [0.5, 0.6) is 5.75 Å². The number of halogens is 1. The van der Waals surface area contributed by atoms with Gasteiger partial charge in [0.1, 0.15) is 18.3 Å². The van der Waals surface area contributed by atoms with Crippen molar-refractivity contribution in [2.45, 2.75) is 57.7 Å². The van der Waals surface area contributed by atoms with Gasteiger partial charge in [0.2, 0.25) is 21.8 Å². The van der Waals surface area contributed by atoms with Crippen LogP contribution in [0.3, 0.4) is 0 Å². The Morgan fingerprint density at radius 2 is 1.81 bits per heavy atom. The Morgan fingerprint density at radius 1 is 1.11 bits per heavy atom.